The van der Waals surface area contributed by atoms with Crippen LogP contribution in [0.15, 0.2) is 29.4 Å². The number of amides is 1. The summed E-state index contributed by atoms with van der Waals surface area (Å²) in [6.45, 7) is 2.05. The van der Waals surface area contributed by atoms with Crippen molar-refractivity contribution in [2.45, 2.75) is 19.8 Å². The van der Waals surface area contributed by atoms with E-state index >= 15 is 0 Å². The molecule has 0 spiro atoms. The van der Waals surface area contributed by atoms with E-state index in [0.29, 0.717) is 10.6 Å². The quantitative estimate of drug-likeness (QED) is 0.620. The van der Waals surface area contributed by atoms with Crippen LogP contribution in [0.2, 0.25) is 5.02 Å². The average molecular weight is 225 g/mol. The highest BCUT2D eigenvalue weighted by Gasteiger charge is 2.03. The Hall–Kier alpha value is -1.35. The predicted molar refractivity (Wildman–Crippen MR) is 62.3 cm³/mol. The summed E-state index contributed by atoms with van der Waals surface area (Å²) < 4.78 is 0. The Morgan fingerprint density at radius 3 is 3.07 bits per heavy atom. The molecule has 1 N–H and O–H groups in total. The fraction of sp³-hybridized carbons (Fsp3) is 0.273. The van der Waals surface area contributed by atoms with Crippen molar-refractivity contribution in [3.8, 4) is 0 Å². The second-order valence-corrected chi connectivity index (χ2v) is 3.49. The van der Waals surface area contributed by atoms with Crippen molar-refractivity contribution in [1.82, 2.24) is 5.43 Å². The Balaban J connectivity index is 2.54. The van der Waals surface area contributed by atoms with Gasteiger partial charge in [-0.1, -0.05) is 31.0 Å². The third-order valence-electron chi connectivity index (χ3n) is 1.76. The SMILES string of the molecule is CCC/C=N/NC(=O)c1cccc(Cl)c1. The summed E-state index contributed by atoms with van der Waals surface area (Å²) in [4.78, 5) is 11.5. The molecule has 0 fully saturated rings. The molecule has 0 aromatic heterocycles. The zero-order valence-corrected chi connectivity index (χ0v) is 9.29. The molecule has 0 aliphatic heterocycles. The summed E-state index contributed by atoms with van der Waals surface area (Å²) in [6.07, 6.45) is 3.55. The van der Waals surface area contributed by atoms with E-state index in [1.807, 2.05) is 6.92 Å². The maximum atomic E-state index is 11.5. The largest absolute Gasteiger partial charge is 0.271 e. The van der Waals surface area contributed by atoms with Gasteiger partial charge in [-0.2, -0.15) is 5.10 Å². The van der Waals surface area contributed by atoms with Gasteiger partial charge >= 0.3 is 0 Å². The van der Waals surface area contributed by atoms with Gasteiger partial charge in [-0.05, 0) is 24.6 Å². The number of halogens is 1. The smallest absolute Gasteiger partial charge is 0.267 e. The van der Waals surface area contributed by atoms with Gasteiger partial charge in [-0.25, -0.2) is 5.43 Å². The molecule has 4 heteroatoms. The van der Waals surface area contributed by atoms with Crippen LogP contribution < -0.4 is 5.43 Å². The highest BCUT2D eigenvalue weighted by molar-refractivity contribution is 6.30. The van der Waals surface area contributed by atoms with E-state index in [9.17, 15) is 4.79 Å². The lowest BCUT2D eigenvalue weighted by Gasteiger charge is -1.99. The Morgan fingerprint density at radius 2 is 2.40 bits per heavy atom. The van der Waals surface area contributed by atoms with Gasteiger partial charge in [0.1, 0.15) is 0 Å². The molecule has 80 valence electrons. The maximum absolute atomic E-state index is 11.5. The minimum Gasteiger partial charge on any atom is -0.267 e. The minimum absolute atomic E-state index is 0.246. The van der Waals surface area contributed by atoms with E-state index < -0.39 is 0 Å². The third kappa shape index (κ3) is 4.13. The van der Waals surface area contributed by atoms with E-state index in [-0.39, 0.29) is 5.91 Å². The summed E-state index contributed by atoms with van der Waals surface area (Å²) in [7, 11) is 0. The lowest BCUT2D eigenvalue weighted by atomic mass is 10.2. The topological polar surface area (TPSA) is 41.5 Å². The molecule has 0 aliphatic rings. The first-order valence-corrected chi connectivity index (χ1v) is 5.19. The molecular weight excluding hydrogens is 212 g/mol. The van der Waals surface area contributed by atoms with Crippen LogP contribution in [0, 0.1) is 0 Å². The normalized spacial score (nSPS) is 10.5. The van der Waals surface area contributed by atoms with Gasteiger partial charge in [0, 0.05) is 16.8 Å². The lowest BCUT2D eigenvalue weighted by molar-refractivity contribution is 0.0955. The zero-order valence-electron chi connectivity index (χ0n) is 8.53. The maximum Gasteiger partial charge on any atom is 0.271 e. The van der Waals surface area contributed by atoms with E-state index in [4.69, 9.17) is 11.6 Å². The van der Waals surface area contributed by atoms with Gasteiger partial charge in [0.2, 0.25) is 0 Å². The molecule has 1 rings (SSSR count). The standard InChI is InChI=1S/C11H13ClN2O/c1-2-3-7-13-14-11(15)9-5-4-6-10(12)8-9/h4-8H,2-3H2,1H3,(H,14,15)/b13-7+. The highest BCUT2D eigenvalue weighted by Crippen LogP contribution is 2.10. The second-order valence-electron chi connectivity index (χ2n) is 3.05. The van der Waals surface area contributed by atoms with Crippen LogP contribution in [-0.4, -0.2) is 12.1 Å². The molecule has 1 aromatic carbocycles. The van der Waals surface area contributed by atoms with Crippen LogP contribution >= 0.6 is 11.6 Å². The van der Waals surface area contributed by atoms with Crippen molar-refractivity contribution in [2.75, 3.05) is 0 Å². The first-order valence-electron chi connectivity index (χ1n) is 4.81. The van der Waals surface area contributed by atoms with E-state index in [1.165, 1.54) is 0 Å². The number of rotatable bonds is 4. The van der Waals surface area contributed by atoms with E-state index in [0.717, 1.165) is 12.8 Å². The number of hydrogen-bond donors (Lipinski definition) is 1. The second kappa shape index (κ2) is 6.19. The number of hydrazone groups is 1. The number of benzene rings is 1. The molecule has 0 atom stereocenters. The number of nitrogens with zero attached hydrogens (tertiary/aromatic N) is 1. The molecule has 0 heterocycles. The van der Waals surface area contributed by atoms with Gasteiger partial charge in [-0.15, -0.1) is 0 Å². The Morgan fingerprint density at radius 1 is 1.60 bits per heavy atom. The number of nitrogens with one attached hydrogen (secondary N) is 1. The average Bonchev–Trinajstić information content (AvgIpc) is 2.24. The number of carbonyl (C=O) groups excluding carboxylic acids is 1. The fourth-order valence-corrected chi connectivity index (χ4v) is 1.18. The van der Waals surface area contributed by atoms with Crippen molar-refractivity contribution in [1.29, 1.82) is 0 Å². The Labute approximate surface area is 94.1 Å². The van der Waals surface area contributed by atoms with Gasteiger partial charge in [0.15, 0.2) is 0 Å². The zero-order chi connectivity index (χ0) is 11.1. The Kier molecular flexibility index (Phi) is 4.84. The van der Waals surface area contributed by atoms with Crippen LogP contribution in [0.5, 0.6) is 0 Å². The fourth-order valence-electron chi connectivity index (χ4n) is 0.992. The molecular formula is C11H13ClN2O. The summed E-state index contributed by atoms with van der Waals surface area (Å²) >= 11 is 5.75. The van der Waals surface area contributed by atoms with Gasteiger partial charge in [-0.3, -0.25) is 4.79 Å². The van der Waals surface area contributed by atoms with Crippen LogP contribution in [-0.2, 0) is 0 Å². The number of carbonyl (C=O) groups is 1. The number of unbranched alkanes of at least 4 members (excludes halogenated alkanes) is 1. The van der Waals surface area contributed by atoms with Crippen molar-refractivity contribution < 1.29 is 4.79 Å². The van der Waals surface area contributed by atoms with Crippen molar-refractivity contribution in [2.24, 2.45) is 5.10 Å². The van der Waals surface area contributed by atoms with Gasteiger partial charge < -0.3 is 0 Å². The molecule has 0 aliphatic carbocycles. The lowest BCUT2D eigenvalue weighted by Crippen LogP contribution is -2.17. The van der Waals surface area contributed by atoms with Crippen LogP contribution in [0.3, 0.4) is 0 Å². The van der Waals surface area contributed by atoms with E-state index in [1.54, 1.807) is 30.5 Å². The number of hydrogen-bond acceptors (Lipinski definition) is 2. The minimum atomic E-state index is -0.246. The summed E-state index contributed by atoms with van der Waals surface area (Å²) in [6, 6.07) is 6.74. The molecule has 3 nitrogen and oxygen atoms in total. The van der Waals surface area contributed by atoms with Crippen molar-refractivity contribution >= 4 is 23.7 Å². The van der Waals surface area contributed by atoms with Gasteiger partial charge in [0.05, 0.1) is 0 Å². The predicted octanol–water partition coefficient (Wildman–Crippen LogP) is 2.86. The molecule has 15 heavy (non-hydrogen) atoms. The molecule has 0 unspecified atom stereocenters. The van der Waals surface area contributed by atoms with Crippen molar-refractivity contribution in [3.63, 3.8) is 0 Å². The third-order valence-corrected chi connectivity index (χ3v) is 2.00. The first-order chi connectivity index (χ1) is 7.24. The monoisotopic (exact) mass is 224 g/mol. The summed E-state index contributed by atoms with van der Waals surface area (Å²) in [5.41, 5.74) is 2.94. The van der Waals surface area contributed by atoms with Crippen LogP contribution in [0.1, 0.15) is 30.1 Å². The van der Waals surface area contributed by atoms with E-state index in [2.05, 4.69) is 10.5 Å². The molecule has 0 bridgehead atoms. The molecule has 0 saturated heterocycles. The molecule has 1 amide bonds. The first kappa shape index (κ1) is 11.7. The highest BCUT2D eigenvalue weighted by atomic mass is 35.5. The van der Waals surface area contributed by atoms with Crippen LogP contribution in [0.25, 0.3) is 0 Å². The Bertz CT molecular complexity index is 363. The van der Waals surface area contributed by atoms with Gasteiger partial charge in [0.25, 0.3) is 5.91 Å². The summed E-state index contributed by atoms with van der Waals surface area (Å²) in [5, 5.41) is 4.34. The molecule has 1 aromatic rings. The summed E-state index contributed by atoms with van der Waals surface area (Å²) in [5.74, 6) is -0.246. The molecule has 0 radical (unpaired) electrons. The van der Waals surface area contributed by atoms with Crippen molar-refractivity contribution in [3.05, 3.63) is 34.9 Å². The van der Waals surface area contributed by atoms with Crippen LogP contribution in [0.4, 0.5) is 0 Å². The molecule has 0 saturated carbocycles.